The zero-order valence-corrected chi connectivity index (χ0v) is 20.1. The lowest BCUT2D eigenvalue weighted by Gasteiger charge is -2.55. The number of β-lactam (4-membered cyclic amide) rings is 1. The molecule has 34 heavy (non-hydrogen) atoms. The Hall–Kier alpha value is -3.64. The van der Waals surface area contributed by atoms with E-state index in [-0.39, 0.29) is 24.4 Å². The zero-order chi connectivity index (χ0) is 24.5. The smallest absolute Gasteiger partial charge is 0.339 e. The van der Waals surface area contributed by atoms with Gasteiger partial charge in [0.1, 0.15) is 23.3 Å². The molecule has 3 aromatic rings. The maximum absolute atomic E-state index is 15.4. The average molecular weight is 526 g/mol. The van der Waals surface area contributed by atoms with Crippen LogP contribution in [0, 0.1) is 17.1 Å². The Morgan fingerprint density at radius 3 is 2.62 bits per heavy atom. The number of rotatable bonds is 7. The fourth-order valence-corrected chi connectivity index (χ4v) is 4.75. The molecule has 0 unspecified atom stereocenters. The SMILES string of the molecule is CCOC(=O)[C@]1(c2cc(Br)ccc2F)[C@@H](n2cccc2C#N)C(=O)N1Cc1ccc(OC)cc1. The minimum absolute atomic E-state index is 0.0176. The highest BCUT2D eigenvalue weighted by Crippen LogP contribution is 2.52. The molecule has 1 fully saturated rings. The van der Waals surface area contributed by atoms with Gasteiger partial charge >= 0.3 is 5.97 Å². The summed E-state index contributed by atoms with van der Waals surface area (Å²) in [5.41, 5.74) is -0.960. The summed E-state index contributed by atoms with van der Waals surface area (Å²) >= 11 is 3.35. The van der Waals surface area contributed by atoms with Gasteiger partial charge in [-0.1, -0.05) is 28.1 Å². The van der Waals surface area contributed by atoms with Crippen molar-refractivity contribution in [2.45, 2.75) is 25.0 Å². The van der Waals surface area contributed by atoms with E-state index in [9.17, 15) is 14.9 Å². The highest BCUT2D eigenvalue weighted by Gasteiger charge is 2.69. The molecular weight excluding hydrogens is 505 g/mol. The number of carbonyl (C=O) groups excluding carboxylic acids is 2. The minimum Gasteiger partial charge on any atom is -0.497 e. The highest BCUT2D eigenvalue weighted by atomic mass is 79.9. The number of hydrogen-bond acceptors (Lipinski definition) is 5. The van der Waals surface area contributed by atoms with Crippen molar-refractivity contribution in [3.8, 4) is 11.8 Å². The van der Waals surface area contributed by atoms with E-state index in [4.69, 9.17) is 9.47 Å². The first-order chi connectivity index (χ1) is 16.4. The van der Waals surface area contributed by atoms with Crippen LogP contribution in [-0.2, 0) is 26.4 Å². The number of benzene rings is 2. The number of carbonyl (C=O) groups is 2. The lowest BCUT2D eigenvalue weighted by atomic mass is 9.72. The number of nitriles is 1. The van der Waals surface area contributed by atoms with Gasteiger partial charge < -0.3 is 18.9 Å². The summed E-state index contributed by atoms with van der Waals surface area (Å²) in [6.07, 6.45) is 1.54. The molecule has 4 rings (SSSR count). The van der Waals surface area contributed by atoms with Crippen molar-refractivity contribution in [2.24, 2.45) is 0 Å². The van der Waals surface area contributed by atoms with Crippen LogP contribution in [-0.4, -0.2) is 35.1 Å². The molecule has 174 valence electrons. The third-order valence-electron chi connectivity index (χ3n) is 5.92. The van der Waals surface area contributed by atoms with Crippen molar-refractivity contribution < 1.29 is 23.5 Å². The second-order valence-electron chi connectivity index (χ2n) is 7.70. The molecule has 1 aromatic heterocycles. The molecule has 2 heterocycles. The maximum atomic E-state index is 15.4. The van der Waals surface area contributed by atoms with Gasteiger partial charge in [-0.15, -0.1) is 0 Å². The van der Waals surface area contributed by atoms with Gasteiger partial charge in [-0.2, -0.15) is 5.26 Å². The fourth-order valence-electron chi connectivity index (χ4n) is 4.39. The predicted molar refractivity (Wildman–Crippen MR) is 124 cm³/mol. The molecule has 2 atom stereocenters. The maximum Gasteiger partial charge on any atom is 0.339 e. The molecule has 0 aliphatic carbocycles. The van der Waals surface area contributed by atoms with E-state index in [0.717, 1.165) is 0 Å². The summed E-state index contributed by atoms with van der Waals surface area (Å²) in [4.78, 5) is 28.5. The summed E-state index contributed by atoms with van der Waals surface area (Å²) in [5.74, 6) is -1.24. The number of esters is 1. The van der Waals surface area contributed by atoms with Crippen LogP contribution in [0.25, 0.3) is 0 Å². The Morgan fingerprint density at radius 2 is 1.97 bits per heavy atom. The largest absolute Gasteiger partial charge is 0.497 e. The summed E-state index contributed by atoms with van der Waals surface area (Å²) in [5, 5.41) is 9.59. The quantitative estimate of drug-likeness (QED) is 0.339. The summed E-state index contributed by atoms with van der Waals surface area (Å²) in [7, 11) is 1.55. The van der Waals surface area contributed by atoms with E-state index in [0.29, 0.717) is 15.8 Å². The van der Waals surface area contributed by atoms with Gasteiger partial charge in [-0.25, -0.2) is 9.18 Å². The number of nitrogens with zero attached hydrogens (tertiary/aromatic N) is 3. The van der Waals surface area contributed by atoms with Gasteiger partial charge in [-0.05, 0) is 55.0 Å². The van der Waals surface area contributed by atoms with Crippen LogP contribution in [0.1, 0.15) is 29.8 Å². The molecule has 1 amide bonds. The highest BCUT2D eigenvalue weighted by molar-refractivity contribution is 9.10. The number of amides is 1. The Balaban J connectivity index is 1.93. The van der Waals surface area contributed by atoms with E-state index >= 15 is 4.39 Å². The van der Waals surface area contributed by atoms with Crippen LogP contribution >= 0.6 is 15.9 Å². The van der Waals surface area contributed by atoms with Gasteiger partial charge in [0, 0.05) is 22.8 Å². The molecule has 9 heteroatoms. The van der Waals surface area contributed by atoms with Crippen molar-refractivity contribution in [2.75, 3.05) is 13.7 Å². The second kappa shape index (κ2) is 9.31. The minimum atomic E-state index is -1.83. The van der Waals surface area contributed by atoms with E-state index in [1.807, 2.05) is 6.07 Å². The van der Waals surface area contributed by atoms with Gasteiger partial charge in [0.2, 0.25) is 0 Å². The first-order valence-corrected chi connectivity index (χ1v) is 11.3. The van der Waals surface area contributed by atoms with E-state index < -0.39 is 29.3 Å². The van der Waals surface area contributed by atoms with Crippen LogP contribution in [0.5, 0.6) is 5.75 Å². The fraction of sp³-hybridized carbons (Fsp3) is 0.240. The molecule has 0 saturated carbocycles. The standard InChI is InChI=1S/C25H21BrFN3O4/c1-3-34-24(32)25(20-13-17(26)8-11-21(20)27)22(29-12-4-5-18(29)14-28)23(31)30(25)15-16-6-9-19(33-2)10-7-16/h4-13,22H,3,15H2,1-2H3/t22-,25-/m0/s1. The van der Waals surface area contributed by atoms with Crippen LogP contribution in [0.2, 0.25) is 0 Å². The van der Waals surface area contributed by atoms with Crippen LogP contribution in [0.4, 0.5) is 4.39 Å². The number of aromatic nitrogens is 1. The average Bonchev–Trinajstić information content (AvgIpc) is 3.30. The van der Waals surface area contributed by atoms with Crippen LogP contribution in [0.15, 0.2) is 65.3 Å². The van der Waals surface area contributed by atoms with E-state index in [1.165, 1.54) is 39.9 Å². The van der Waals surface area contributed by atoms with E-state index in [2.05, 4.69) is 15.9 Å². The number of methoxy groups -OCH3 is 1. The topological polar surface area (TPSA) is 84.6 Å². The molecule has 1 saturated heterocycles. The molecular formula is C25H21BrFN3O4. The van der Waals surface area contributed by atoms with Crippen molar-refractivity contribution in [1.82, 2.24) is 9.47 Å². The van der Waals surface area contributed by atoms with Gasteiger partial charge in [0.25, 0.3) is 5.91 Å². The predicted octanol–water partition coefficient (Wildman–Crippen LogP) is 4.31. The summed E-state index contributed by atoms with van der Waals surface area (Å²) in [6, 6.07) is 15.2. The van der Waals surface area contributed by atoms with Crippen molar-refractivity contribution >= 4 is 27.8 Å². The summed E-state index contributed by atoms with van der Waals surface area (Å²) < 4.78 is 27.9. The third-order valence-corrected chi connectivity index (χ3v) is 6.41. The first kappa shape index (κ1) is 23.5. The lowest BCUT2D eigenvalue weighted by molar-refractivity contribution is -0.193. The molecule has 0 radical (unpaired) electrons. The molecule has 2 aromatic carbocycles. The van der Waals surface area contributed by atoms with Crippen molar-refractivity contribution in [3.05, 3.63) is 87.9 Å². The lowest BCUT2D eigenvalue weighted by Crippen LogP contribution is -2.72. The Bertz CT molecular complexity index is 1280. The second-order valence-corrected chi connectivity index (χ2v) is 8.61. The Labute approximate surface area is 204 Å². The van der Waals surface area contributed by atoms with Crippen LogP contribution < -0.4 is 4.74 Å². The monoisotopic (exact) mass is 525 g/mol. The number of likely N-dealkylation sites (tertiary alicyclic amines) is 1. The number of ether oxygens (including phenoxy) is 2. The normalized spacial score (nSPS) is 19.3. The van der Waals surface area contributed by atoms with Gasteiger partial charge in [0.15, 0.2) is 11.6 Å². The van der Waals surface area contributed by atoms with E-state index in [1.54, 1.807) is 44.4 Å². The van der Waals surface area contributed by atoms with Gasteiger partial charge in [-0.3, -0.25) is 4.79 Å². The van der Waals surface area contributed by atoms with Gasteiger partial charge in [0.05, 0.1) is 13.7 Å². The Morgan fingerprint density at radius 1 is 1.24 bits per heavy atom. The molecule has 0 N–H and O–H groups in total. The molecule has 7 nitrogen and oxygen atoms in total. The first-order valence-electron chi connectivity index (χ1n) is 10.5. The van der Waals surface area contributed by atoms with Crippen molar-refractivity contribution in [1.29, 1.82) is 5.26 Å². The van der Waals surface area contributed by atoms with Crippen LogP contribution in [0.3, 0.4) is 0 Å². The molecule has 0 bridgehead atoms. The van der Waals surface area contributed by atoms with Crippen molar-refractivity contribution in [3.63, 3.8) is 0 Å². The molecule has 1 aliphatic rings. The molecule has 0 spiro atoms. The molecule has 1 aliphatic heterocycles. The Kier molecular flexibility index (Phi) is 6.44. The number of hydrogen-bond donors (Lipinski definition) is 0. The zero-order valence-electron chi connectivity index (χ0n) is 18.5. The summed E-state index contributed by atoms with van der Waals surface area (Å²) in [6.45, 7) is 1.69. The number of halogens is 2. The third kappa shape index (κ3) is 3.64.